The fourth-order valence-corrected chi connectivity index (χ4v) is 2.81. The van der Waals surface area contributed by atoms with Crippen LogP contribution in [0.2, 0.25) is 0 Å². The summed E-state index contributed by atoms with van der Waals surface area (Å²) in [5.41, 5.74) is 0.531. The Balaban J connectivity index is 1.49. The minimum atomic E-state index is -0.351. The third kappa shape index (κ3) is 3.84. The van der Waals surface area contributed by atoms with Crippen LogP contribution in [-0.4, -0.2) is 55.3 Å². The highest BCUT2D eigenvalue weighted by Crippen LogP contribution is 2.32. The number of likely N-dealkylation sites (tertiary alicyclic amines) is 1. The molecule has 0 radical (unpaired) electrons. The molecule has 1 fully saturated rings. The predicted molar refractivity (Wildman–Crippen MR) is 86.7 cm³/mol. The molecule has 1 N–H and O–H groups in total. The Morgan fingerprint density at radius 2 is 2.00 bits per heavy atom. The SMILES string of the molecule is O=C(NC1CCN(C(=O)OCCCl)CC1)c1ccc2c(c1)OCO2. The Hall–Kier alpha value is -2.15. The van der Waals surface area contributed by atoms with E-state index in [1.165, 1.54) is 0 Å². The van der Waals surface area contributed by atoms with Gasteiger partial charge in [-0.25, -0.2) is 4.79 Å². The molecular weight excluding hydrogens is 336 g/mol. The van der Waals surface area contributed by atoms with Gasteiger partial charge in [0.1, 0.15) is 6.61 Å². The van der Waals surface area contributed by atoms with Crippen molar-refractivity contribution in [1.82, 2.24) is 10.2 Å². The van der Waals surface area contributed by atoms with E-state index in [0.29, 0.717) is 43.0 Å². The molecular formula is C16H19ClN2O5. The zero-order chi connectivity index (χ0) is 16.9. The molecule has 2 aliphatic rings. The number of fused-ring (bicyclic) bond motifs is 1. The number of carbonyl (C=O) groups is 2. The van der Waals surface area contributed by atoms with Gasteiger partial charge in [0.15, 0.2) is 11.5 Å². The lowest BCUT2D eigenvalue weighted by Gasteiger charge is -2.31. The van der Waals surface area contributed by atoms with E-state index >= 15 is 0 Å². The first-order valence-electron chi connectivity index (χ1n) is 7.85. The summed E-state index contributed by atoms with van der Waals surface area (Å²) < 4.78 is 15.5. The van der Waals surface area contributed by atoms with Gasteiger partial charge in [0, 0.05) is 24.7 Å². The Labute approximate surface area is 144 Å². The largest absolute Gasteiger partial charge is 0.454 e. The zero-order valence-corrected chi connectivity index (χ0v) is 13.9. The van der Waals surface area contributed by atoms with Crippen molar-refractivity contribution in [2.24, 2.45) is 0 Å². The summed E-state index contributed by atoms with van der Waals surface area (Å²) in [6, 6.07) is 5.14. The number of rotatable bonds is 4. The van der Waals surface area contributed by atoms with E-state index in [0.717, 1.165) is 0 Å². The molecule has 0 bridgehead atoms. The Morgan fingerprint density at radius 3 is 2.75 bits per heavy atom. The van der Waals surface area contributed by atoms with Gasteiger partial charge in [0.25, 0.3) is 5.91 Å². The van der Waals surface area contributed by atoms with Crippen LogP contribution >= 0.6 is 11.6 Å². The number of nitrogens with zero attached hydrogens (tertiary/aromatic N) is 1. The lowest BCUT2D eigenvalue weighted by molar-refractivity contribution is 0.0861. The monoisotopic (exact) mass is 354 g/mol. The minimum Gasteiger partial charge on any atom is -0.454 e. The Kier molecular flexibility index (Phi) is 5.30. The van der Waals surface area contributed by atoms with Gasteiger partial charge in [-0.05, 0) is 31.0 Å². The normalized spacial score (nSPS) is 16.8. The maximum Gasteiger partial charge on any atom is 0.409 e. The summed E-state index contributed by atoms with van der Waals surface area (Å²) in [6.07, 6.45) is 1.02. The van der Waals surface area contributed by atoms with Crippen LogP contribution < -0.4 is 14.8 Å². The predicted octanol–water partition coefficient (Wildman–Crippen LogP) is 1.98. The van der Waals surface area contributed by atoms with Crippen molar-refractivity contribution >= 4 is 23.6 Å². The van der Waals surface area contributed by atoms with Crippen LogP contribution in [0, 0.1) is 0 Å². The van der Waals surface area contributed by atoms with Crippen LogP contribution in [0.4, 0.5) is 4.79 Å². The molecule has 7 nitrogen and oxygen atoms in total. The van der Waals surface area contributed by atoms with Crippen LogP contribution in [0.15, 0.2) is 18.2 Å². The first-order valence-corrected chi connectivity index (χ1v) is 8.39. The number of alkyl halides is 1. The quantitative estimate of drug-likeness (QED) is 0.837. The van der Waals surface area contributed by atoms with E-state index in [4.69, 9.17) is 25.8 Å². The van der Waals surface area contributed by atoms with E-state index < -0.39 is 0 Å². The number of hydrogen-bond donors (Lipinski definition) is 1. The molecule has 1 aromatic rings. The molecule has 130 valence electrons. The second-order valence-electron chi connectivity index (χ2n) is 5.61. The third-order valence-electron chi connectivity index (χ3n) is 4.03. The van der Waals surface area contributed by atoms with Gasteiger partial charge in [0.2, 0.25) is 6.79 Å². The molecule has 2 heterocycles. The summed E-state index contributed by atoms with van der Waals surface area (Å²) in [5.74, 6) is 1.36. The molecule has 0 unspecified atom stereocenters. The van der Waals surface area contributed by atoms with Crippen LogP contribution in [-0.2, 0) is 4.74 Å². The highest BCUT2D eigenvalue weighted by molar-refractivity contribution is 6.18. The Morgan fingerprint density at radius 1 is 1.25 bits per heavy atom. The topological polar surface area (TPSA) is 77.1 Å². The highest BCUT2D eigenvalue weighted by atomic mass is 35.5. The van der Waals surface area contributed by atoms with Crippen molar-refractivity contribution in [2.75, 3.05) is 32.4 Å². The minimum absolute atomic E-state index is 0.0278. The molecule has 0 aliphatic carbocycles. The van der Waals surface area contributed by atoms with Crippen LogP contribution in [0.5, 0.6) is 11.5 Å². The van der Waals surface area contributed by atoms with E-state index in [1.807, 2.05) is 0 Å². The summed E-state index contributed by atoms with van der Waals surface area (Å²) >= 11 is 5.50. The average molecular weight is 355 g/mol. The standard InChI is InChI=1S/C16H19ClN2O5/c17-5-8-22-16(21)19-6-3-12(4-7-19)18-15(20)11-1-2-13-14(9-11)24-10-23-13/h1-2,9,12H,3-8,10H2,(H,18,20). The van der Waals surface area contributed by atoms with Crippen LogP contribution in [0.25, 0.3) is 0 Å². The molecule has 0 atom stereocenters. The van der Waals surface area contributed by atoms with Crippen molar-refractivity contribution in [3.8, 4) is 11.5 Å². The number of benzene rings is 1. The van der Waals surface area contributed by atoms with Crippen LogP contribution in [0.3, 0.4) is 0 Å². The zero-order valence-electron chi connectivity index (χ0n) is 13.1. The molecule has 2 amide bonds. The van der Waals surface area contributed by atoms with Crippen LogP contribution in [0.1, 0.15) is 23.2 Å². The van der Waals surface area contributed by atoms with Crippen molar-refractivity contribution in [1.29, 1.82) is 0 Å². The molecule has 0 spiro atoms. The van der Waals surface area contributed by atoms with E-state index in [1.54, 1.807) is 23.1 Å². The lowest BCUT2D eigenvalue weighted by Crippen LogP contribution is -2.46. The molecule has 8 heteroatoms. The van der Waals surface area contributed by atoms with E-state index in [2.05, 4.69) is 5.32 Å². The molecule has 0 saturated carbocycles. The fraction of sp³-hybridized carbons (Fsp3) is 0.500. The van der Waals surface area contributed by atoms with Crippen molar-refractivity contribution in [2.45, 2.75) is 18.9 Å². The second-order valence-corrected chi connectivity index (χ2v) is 5.98. The maximum atomic E-state index is 12.3. The number of ether oxygens (including phenoxy) is 3. The summed E-state index contributed by atoms with van der Waals surface area (Å²) in [7, 11) is 0. The second kappa shape index (κ2) is 7.61. The summed E-state index contributed by atoms with van der Waals surface area (Å²) in [6.45, 7) is 1.49. The maximum absolute atomic E-state index is 12.3. The lowest BCUT2D eigenvalue weighted by atomic mass is 10.0. The molecule has 3 rings (SSSR count). The number of piperidine rings is 1. The molecule has 24 heavy (non-hydrogen) atoms. The molecule has 2 aliphatic heterocycles. The van der Waals surface area contributed by atoms with Gasteiger partial charge in [-0.3, -0.25) is 4.79 Å². The first-order chi connectivity index (χ1) is 11.7. The molecule has 1 aromatic carbocycles. The number of nitrogens with one attached hydrogen (secondary N) is 1. The van der Waals surface area contributed by atoms with Crippen molar-refractivity contribution in [3.05, 3.63) is 23.8 Å². The molecule has 0 aromatic heterocycles. The number of hydrogen-bond acceptors (Lipinski definition) is 5. The van der Waals surface area contributed by atoms with E-state index in [-0.39, 0.29) is 37.3 Å². The van der Waals surface area contributed by atoms with Crippen molar-refractivity contribution < 1.29 is 23.8 Å². The van der Waals surface area contributed by atoms with Gasteiger partial charge in [-0.1, -0.05) is 0 Å². The van der Waals surface area contributed by atoms with Gasteiger partial charge in [0.05, 0.1) is 5.88 Å². The average Bonchev–Trinajstić information content (AvgIpc) is 3.08. The van der Waals surface area contributed by atoms with Gasteiger partial charge < -0.3 is 24.4 Å². The number of amides is 2. The van der Waals surface area contributed by atoms with Gasteiger partial charge >= 0.3 is 6.09 Å². The first kappa shape index (κ1) is 16.7. The third-order valence-corrected chi connectivity index (χ3v) is 4.18. The Bertz CT molecular complexity index is 616. The van der Waals surface area contributed by atoms with Crippen molar-refractivity contribution in [3.63, 3.8) is 0 Å². The summed E-state index contributed by atoms with van der Waals surface area (Å²) in [4.78, 5) is 25.7. The molecule has 1 saturated heterocycles. The van der Waals surface area contributed by atoms with Gasteiger partial charge in [-0.2, -0.15) is 0 Å². The summed E-state index contributed by atoms with van der Waals surface area (Å²) in [5, 5.41) is 2.99. The smallest absolute Gasteiger partial charge is 0.409 e. The highest BCUT2D eigenvalue weighted by Gasteiger charge is 2.25. The number of carbonyl (C=O) groups excluding carboxylic acids is 2. The van der Waals surface area contributed by atoms with E-state index in [9.17, 15) is 9.59 Å². The number of halogens is 1. The fourth-order valence-electron chi connectivity index (χ4n) is 2.73. The van der Waals surface area contributed by atoms with Gasteiger partial charge in [-0.15, -0.1) is 11.6 Å².